The van der Waals surface area contributed by atoms with Crippen molar-refractivity contribution in [2.75, 3.05) is 40.9 Å². The molecule has 112 valence electrons. The van der Waals surface area contributed by atoms with Crippen LogP contribution in [0.5, 0.6) is 5.75 Å². The van der Waals surface area contributed by atoms with E-state index >= 15 is 0 Å². The molecule has 20 heavy (non-hydrogen) atoms. The van der Waals surface area contributed by atoms with Gasteiger partial charge in [0.2, 0.25) is 0 Å². The molecule has 1 aliphatic heterocycles. The van der Waals surface area contributed by atoms with Crippen LogP contribution >= 0.6 is 0 Å². The Morgan fingerprint density at radius 2 is 2.20 bits per heavy atom. The summed E-state index contributed by atoms with van der Waals surface area (Å²) < 4.78 is 5.28. The Hall–Kier alpha value is -1.10. The molecular formula is C16H26N2O2. The number of likely N-dealkylation sites (tertiary alicyclic amines) is 1. The van der Waals surface area contributed by atoms with Crippen molar-refractivity contribution >= 4 is 0 Å². The van der Waals surface area contributed by atoms with Gasteiger partial charge in [0, 0.05) is 25.7 Å². The van der Waals surface area contributed by atoms with Crippen molar-refractivity contribution in [1.29, 1.82) is 0 Å². The molecule has 1 fully saturated rings. The Labute approximate surface area is 122 Å². The monoisotopic (exact) mass is 278 g/mol. The predicted octanol–water partition coefficient (Wildman–Crippen LogP) is 1.44. The number of likely N-dealkylation sites (N-methyl/N-ethyl adjacent to an activating group) is 1. The van der Waals surface area contributed by atoms with Crippen LogP contribution in [0.25, 0.3) is 0 Å². The zero-order valence-corrected chi connectivity index (χ0v) is 12.7. The molecule has 0 bridgehead atoms. The molecule has 0 radical (unpaired) electrons. The van der Waals surface area contributed by atoms with Gasteiger partial charge in [-0.3, -0.25) is 4.90 Å². The molecule has 0 unspecified atom stereocenters. The second kappa shape index (κ2) is 7.07. The van der Waals surface area contributed by atoms with Crippen molar-refractivity contribution in [2.45, 2.75) is 19.0 Å². The Morgan fingerprint density at radius 3 is 2.85 bits per heavy atom. The first-order chi connectivity index (χ1) is 9.63. The summed E-state index contributed by atoms with van der Waals surface area (Å²) in [5, 5.41) is 9.49. The van der Waals surface area contributed by atoms with E-state index < -0.39 is 0 Å². The first-order valence-electron chi connectivity index (χ1n) is 7.26. The molecule has 1 heterocycles. The van der Waals surface area contributed by atoms with Gasteiger partial charge in [-0.25, -0.2) is 0 Å². The molecule has 2 rings (SSSR count). The lowest BCUT2D eigenvalue weighted by molar-refractivity contribution is 0.0460. The fraction of sp³-hybridized carbons (Fsp3) is 0.625. The van der Waals surface area contributed by atoms with E-state index in [1.807, 2.05) is 12.1 Å². The first kappa shape index (κ1) is 15.3. The highest BCUT2D eigenvalue weighted by Gasteiger charge is 2.30. The van der Waals surface area contributed by atoms with Crippen molar-refractivity contribution in [1.82, 2.24) is 9.80 Å². The second-order valence-electron chi connectivity index (χ2n) is 5.85. The maximum atomic E-state index is 9.49. The van der Waals surface area contributed by atoms with E-state index in [-0.39, 0.29) is 6.61 Å². The van der Waals surface area contributed by atoms with E-state index in [0.29, 0.717) is 12.0 Å². The van der Waals surface area contributed by atoms with Gasteiger partial charge in [-0.05, 0) is 50.7 Å². The van der Waals surface area contributed by atoms with Crippen molar-refractivity contribution in [3.63, 3.8) is 0 Å². The van der Waals surface area contributed by atoms with Gasteiger partial charge in [0.25, 0.3) is 0 Å². The van der Waals surface area contributed by atoms with Crippen molar-refractivity contribution in [3.05, 3.63) is 29.8 Å². The number of hydrogen-bond donors (Lipinski definition) is 1. The third-order valence-corrected chi connectivity index (χ3v) is 4.24. The minimum absolute atomic E-state index is 0.288. The van der Waals surface area contributed by atoms with Crippen LogP contribution in [0.1, 0.15) is 12.0 Å². The summed E-state index contributed by atoms with van der Waals surface area (Å²) >= 11 is 0. The molecule has 0 spiro atoms. The minimum Gasteiger partial charge on any atom is -0.497 e. The van der Waals surface area contributed by atoms with E-state index in [4.69, 9.17) is 4.74 Å². The normalized spacial score (nSPS) is 24.1. The lowest BCUT2D eigenvalue weighted by atomic mass is 9.91. The van der Waals surface area contributed by atoms with E-state index in [1.54, 1.807) is 7.11 Å². The first-order valence-corrected chi connectivity index (χ1v) is 7.26. The van der Waals surface area contributed by atoms with Crippen LogP contribution in [0.2, 0.25) is 0 Å². The number of rotatable bonds is 5. The molecule has 1 saturated heterocycles. The zero-order valence-electron chi connectivity index (χ0n) is 12.7. The molecule has 1 aromatic carbocycles. The highest BCUT2D eigenvalue weighted by Crippen LogP contribution is 2.23. The summed E-state index contributed by atoms with van der Waals surface area (Å²) in [7, 11) is 5.90. The highest BCUT2D eigenvalue weighted by molar-refractivity contribution is 5.28. The maximum absolute atomic E-state index is 9.49. The summed E-state index contributed by atoms with van der Waals surface area (Å²) in [5.74, 6) is 1.31. The third kappa shape index (κ3) is 3.72. The molecule has 4 nitrogen and oxygen atoms in total. The molecule has 0 aliphatic carbocycles. The molecule has 0 saturated carbocycles. The van der Waals surface area contributed by atoms with Gasteiger partial charge in [0.05, 0.1) is 7.11 Å². The largest absolute Gasteiger partial charge is 0.497 e. The average molecular weight is 278 g/mol. The van der Waals surface area contributed by atoms with E-state index in [2.05, 4.69) is 36.0 Å². The Balaban J connectivity index is 1.99. The molecule has 0 amide bonds. The van der Waals surface area contributed by atoms with Gasteiger partial charge < -0.3 is 14.7 Å². The molecule has 0 aromatic heterocycles. The van der Waals surface area contributed by atoms with Crippen LogP contribution in [-0.2, 0) is 6.54 Å². The van der Waals surface area contributed by atoms with Crippen LogP contribution in [0.4, 0.5) is 0 Å². The molecule has 1 N–H and O–H groups in total. The zero-order chi connectivity index (χ0) is 14.5. The van der Waals surface area contributed by atoms with Crippen LogP contribution in [0, 0.1) is 5.92 Å². The number of aliphatic hydroxyl groups is 1. The van der Waals surface area contributed by atoms with Crippen molar-refractivity contribution in [2.24, 2.45) is 5.92 Å². The van der Waals surface area contributed by atoms with Gasteiger partial charge in [0.15, 0.2) is 0 Å². The van der Waals surface area contributed by atoms with Gasteiger partial charge in [-0.15, -0.1) is 0 Å². The molecule has 2 atom stereocenters. The Bertz CT molecular complexity index is 423. The lowest BCUT2D eigenvalue weighted by Crippen LogP contribution is -2.51. The predicted molar refractivity (Wildman–Crippen MR) is 80.9 cm³/mol. The quantitative estimate of drug-likeness (QED) is 0.884. The summed E-state index contributed by atoms with van der Waals surface area (Å²) in [6.45, 7) is 3.29. The lowest BCUT2D eigenvalue weighted by Gasteiger charge is -2.41. The SMILES string of the molecule is COc1cccc(CN2CC[C@H](CO)[C@H](N(C)C)C2)c1. The highest BCUT2D eigenvalue weighted by atomic mass is 16.5. The standard InChI is InChI=1S/C16H26N2O2/c1-17(2)16-11-18(8-7-14(16)12-19)10-13-5-4-6-15(9-13)20-3/h4-6,9,14,16,19H,7-8,10-12H2,1-3H3/t14-,16-/m1/s1. The Morgan fingerprint density at radius 1 is 1.40 bits per heavy atom. The van der Waals surface area contributed by atoms with Crippen molar-refractivity contribution < 1.29 is 9.84 Å². The Kier molecular flexibility index (Phi) is 5.40. The molecular weight excluding hydrogens is 252 g/mol. The number of hydrogen-bond acceptors (Lipinski definition) is 4. The minimum atomic E-state index is 0.288. The fourth-order valence-corrected chi connectivity index (χ4v) is 3.02. The molecule has 1 aromatic rings. The van der Waals surface area contributed by atoms with Crippen molar-refractivity contribution in [3.8, 4) is 5.75 Å². The third-order valence-electron chi connectivity index (χ3n) is 4.24. The summed E-state index contributed by atoms with van der Waals surface area (Å²) in [6.07, 6.45) is 1.06. The topological polar surface area (TPSA) is 35.9 Å². The summed E-state index contributed by atoms with van der Waals surface area (Å²) in [4.78, 5) is 4.70. The van der Waals surface area contributed by atoms with Crippen LogP contribution in [0.15, 0.2) is 24.3 Å². The second-order valence-corrected chi connectivity index (χ2v) is 5.85. The van der Waals surface area contributed by atoms with Gasteiger partial charge in [0.1, 0.15) is 5.75 Å². The smallest absolute Gasteiger partial charge is 0.119 e. The summed E-state index contributed by atoms with van der Waals surface area (Å²) in [6, 6.07) is 8.69. The molecule has 4 heteroatoms. The summed E-state index contributed by atoms with van der Waals surface area (Å²) in [5.41, 5.74) is 1.28. The average Bonchev–Trinajstić information content (AvgIpc) is 2.47. The maximum Gasteiger partial charge on any atom is 0.119 e. The number of aliphatic hydroxyl groups excluding tert-OH is 1. The number of piperidine rings is 1. The fourth-order valence-electron chi connectivity index (χ4n) is 3.02. The van der Waals surface area contributed by atoms with Gasteiger partial charge >= 0.3 is 0 Å². The van der Waals surface area contributed by atoms with Crippen LogP contribution in [-0.4, -0.2) is 61.8 Å². The van der Waals surface area contributed by atoms with E-state index in [9.17, 15) is 5.11 Å². The number of benzene rings is 1. The van der Waals surface area contributed by atoms with Crippen LogP contribution in [0.3, 0.4) is 0 Å². The van der Waals surface area contributed by atoms with E-state index in [0.717, 1.165) is 31.8 Å². The number of nitrogens with zero attached hydrogens (tertiary/aromatic N) is 2. The molecule has 1 aliphatic rings. The van der Waals surface area contributed by atoms with Gasteiger partial charge in [-0.1, -0.05) is 12.1 Å². The number of methoxy groups -OCH3 is 1. The van der Waals surface area contributed by atoms with Gasteiger partial charge in [-0.2, -0.15) is 0 Å². The van der Waals surface area contributed by atoms with Crippen LogP contribution < -0.4 is 4.74 Å². The van der Waals surface area contributed by atoms with E-state index in [1.165, 1.54) is 5.56 Å². The number of ether oxygens (including phenoxy) is 1.